The summed E-state index contributed by atoms with van der Waals surface area (Å²) < 4.78 is 0. The fourth-order valence-corrected chi connectivity index (χ4v) is 4.63. The number of rotatable bonds is 8. The molecule has 8 nitrogen and oxygen atoms in total. The lowest BCUT2D eigenvalue weighted by atomic mass is 10.1. The molecule has 1 aliphatic heterocycles. The molecule has 3 amide bonds. The highest BCUT2D eigenvalue weighted by Gasteiger charge is 2.43. The first-order chi connectivity index (χ1) is 15.9. The first-order valence-electron chi connectivity index (χ1n) is 10.9. The number of nitrogens with zero attached hydrogens (tertiary/aromatic N) is 1. The van der Waals surface area contributed by atoms with E-state index < -0.39 is 11.9 Å². The number of anilines is 1. The summed E-state index contributed by atoms with van der Waals surface area (Å²) in [7, 11) is 0. The minimum absolute atomic E-state index is 0.0276. The molecule has 1 aliphatic carbocycles. The maximum absolute atomic E-state index is 12.9. The molecule has 33 heavy (non-hydrogen) atoms. The molecule has 3 unspecified atom stereocenters. The molecule has 4 rings (SSSR count). The van der Waals surface area contributed by atoms with Gasteiger partial charge in [-0.25, -0.2) is 0 Å². The SMILES string of the molecule is N=C(C(N)=O)c1ccccc1NCC(=O)N1CCCC1C(=O)NC1CC1c1ccccc1Cl. The van der Waals surface area contributed by atoms with E-state index in [9.17, 15) is 14.4 Å². The Hall–Kier alpha value is -3.39. The fraction of sp³-hybridized carbons (Fsp3) is 0.333. The molecular weight excluding hydrogens is 442 g/mol. The van der Waals surface area contributed by atoms with E-state index in [4.69, 9.17) is 22.7 Å². The van der Waals surface area contributed by atoms with E-state index in [1.54, 1.807) is 29.2 Å². The Morgan fingerprint density at radius 1 is 1.12 bits per heavy atom. The highest BCUT2D eigenvalue weighted by Crippen LogP contribution is 2.43. The average Bonchev–Trinajstić information content (AvgIpc) is 3.37. The van der Waals surface area contributed by atoms with Crippen LogP contribution in [0.1, 0.15) is 36.3 Å². The van der Waals surface area contributed by atoms with E-state index >= 15 is 0 Å². The summed E-state index contributed by atoms with van der Waals surface area (Å²) in [6.45, 7) is 0.453. The maximum Gasteiger partial charge on any atom is 0.267 e. The summed E-state index contributed by atoms with van der Waals surface area (Å²) in [4.78, 5) is 38.8. The molecule has 9 heteroatoms. The van der Waals surface area contributed by atoms with Crippen molar-refractivity contribution in [3.63, 3.8) is 0 Å². The quantitative estimate of drug-likeness (QED) is 0.444. The summed E-state index contributed by atoms with van der Waals surface area (Å²) in [6, 6.07) is 13.9. The third-order valence-corrected chi connectivity index (χ3v) is 6.52. The second-order valence-electron chi connectivity index (χ2n) is 8.36. The smallest absolute Gasteiger partial charge is 0.267 e. The molecule has 2 fully saturated rings. The molecule has 0 aromatic heterocycles. The van der Waals surface area contributed by atoms with Crippen LogP contribution in [0.5, 0.6) is 0 Å². The van der Waals surface area contributed by atoms with E-state index in [1.807, 2.05) is 24.3 Å². The summed E-state index contributed by atoms with van der Waals surface area (Å²) in [5.74, 6) is -1.00. The molecular formula is C24H26ClN5O3. The Morgan fingerprint density at radius 3 is 2.61 bits per heavy atom. The van der Waals surface area contributed by atoms with Crippen LogP contribution in [-0.2, 0) is 14.4 Å². The number of carbonyl (C=O) groups excluding carboxylic acids is 3. The predicted molar refractivity (Wildman–Crippen MR) is 126 cm³/mol. The van der Waals surface area contributed by atoms with Crippen molar-refractivity contribution in [2.45, 2.75) is 37.3 Å². The third-order valence-electron chi connectivity index (χ3n) is 6.17. The van der Waals surface area contributed by atoms with Crippen LogP contribution in [0.3, 0.4) is 0 Å². The number of nitrogens with two attached hydrogens (primary N) is 1. The van der Waals surface area contributed by atoms with Gasteiger partial charge in [-0.3, -0.25) is 19.8 Å². The Balaban J connectivity index is 1.35. The van der Waals surface area contributed by atoms with Gasteiger partial charge in [0.15, 0.2) is 0 Å². The Kier molecular flexibility index (Phi) is 6.65. The van der Waals surface area contributed by atoms with Crippen molar-refractivity contribution in [1.29, 1.82) is 5.41 Å². The Bertz CT molecular complexity index is 1110. The number of amides is 3. The normalized spacial score (nSPS) is 21.4. The molecule has 5 N–H and O–H groups in total. The van der Waals surface area contributed by atoms with Crippen LogP contribution in [0.2, 0.25) is 5.02 Å². The van der Waals surface area contributed by atoms with Gasteiger partial charge in [-0.15, -0.1) is 0 Å². The number of likely N-dealkylation sites (tertiary alicyclic amines) is 1. The minimum atomic E-state index is -0.845. The highest BCUT2D eigenvalue weighted by molar-refractivity contribution is 6.44. The van der Waals surface area contributed by atoms with Crippen LogP contribution < -0.4 is 16.4 Å². The van der Waals surface area contributed by atoms with Gasteiger partial charge < -0.3 is 21.3 Å². The molecule has 0 bridgehead atoms. The van der Waals surface area contributed by atoms with Crippen LogP contribution in [0.15, 0.2) is 48.5 Å². The van der Waals surface area contributed by atoms with E-state index in [0.717, 1.165) is 18.4 Å². The van der Waals surface area contributed by atoms with Gasteiger partial charge >= 0.3 is 0 Å². The maximum atomic E-state index is 12.9. The van der Waals surface area contributed by atoms with Gasteiger partial charge in [-0.05, 0) is 37.0 Å². The van der Waals surface area contributed by atoms with Crippen molar-refractivity contribution in [1.82, 2.24) is 10.2 Å². The molecule has 2 aromatic carbocycles. The third kappa shape index (κ3) is 5.01. The summed E-state index contributed by atoms with van der Waals surface area (Å²) >= 11 is 6.27. The van der Waals surface area contributed by atoms with Crippen LogP contribution in [0, 0.1) is 5.41 Å². The monoisotopic (exact) mass is 467 g/mol. The molecule has 1 saturated heterocycles. The first-order valence-corrected chi connectivity index (χ1v) is 11.3. The number of para-hydroxylation sites is 1. The number of benzene rings is 2. The van der Waals surface area contributed by atoms with Crippen molar-refractivity contribution < 1.29 is 14.4 Å². The van der Waals surface area contributed by atoms with Crippen LogP contribution in [0.25, 0.3) is 0 Å². The number of nitrogens with one attached hydrogen (secondary N) is 3. The van der Waals surface area contributed by atoms with Gasteiger partial charge in [0.2, 0.25) is 11.8 Å². The zero-order chi connectivity index (χ0) is 23.5. The molecule has 1 heterocycles. The topological polar surface area (TPSA) is 128 Å². The Labute approximate surface area is 197 Å². The van der Waals surface area contributed by atoms with Gasteiger partial charge in [-0.2, -0.15) is 0 Å². The lowest BCUT2D eigenvalue weighted by Crippen LogP contribution is -2.48. The predicted octanol–water partition coefficient (Wildman–Crippen LogP) is 2.27. The van der Waals surface area contributed by atoms with Crippen molar-refractivity contribution in [2.75, 3.05) is 18.4 Å². The summed E-state index contributed by atoms with van der Waals surface area (Å²) in [5, 5.41) is 14.6. The second-order valence-corrected chi connectivity index (χ2v) is 8.77. The van der Waals surface area contributed by atoms with Crippen LogP contribution in [-0.4, -0.2) is 53.5 Å². The Morgan fingerprint density at radius 2 is 1.85 bits per heavy atom. The number of hydrogen-bond acceptors (Lipinski definition) is 5. The van der Waals surface area contributed by atoms with E-state index in [-0.39, 0.29) is 36.0 Å². The molecule has 172 valence electrons. The summed E-state index contributed by atoms with van der Waals surface area (Å²) in [5.41, 5.74) is 6.72. The fourth-order valence-electron chi connectivity index (χ4n) is 4.35. The zero-order valence-corrected chi connectivity index (χ0v) is 18.8. The van der Waals surface area contributed by atoms with Crippen LogP contribution >= 0.6 is 11.6 Å². The van der Waals surface area contributed by atoms with E-state index in [0.29, 0.717) is 29.2 Å². The lowest BCUT2D eigenvalue weighted by Gasteiger charge is -2.24. The lowest BCUT2D eigenvalue weighted by molar-refractivity contribution is -0.137. The minimum Gasteiger partial charge on any atom is -0.376 e. The average molecular weight is 468 g/mol. The molecule has 0 spiro atoms. The van der Waals surface area contributed by atoms with E-state index in [2.05, 4.69) is 10.6 Å². The largest absolute Gasteiger partial charge is 0.376 e. The highest BCUT2D eigenvalue weighted by atomic mass is 35.5. The van der Waals surface area contributed by atoms with Crippen molar-refractivity contribution >= 4 is 40.7 Å². The molecule has 2 aliphatic rings. The van der Waals surface area contributed by atoms with Gasteiger partial charge in [0.1, 0.15) is 11.8 Å². The second kappa shape index (κ2) is 9.62. The van der Waals surface area contributed by atoms with Crippen LogP contribution in [0.4, 0.5) is 5.69 Å². The zero-order valence-electron chi connectivity index (χ0n) is 18.0. The van der Waals surface area contributed by atoms with Crippen molar-refractivity contribution in [3.8, 4) is 0 Å². The van der Waals surface area contributed by atoms with Gasteiger partial charge in [0.25, 0.3) is 5.91 Å². The van der Waals surface area contributed by atoms with Gasteiger partial charge in [0, 0.05) is 34.8 Å². The molecule has 3 atom stereocenters. The number of primary amides is 1. The number of halogens is 1. The van der Waals surface area contributed by atoms with Crippen molar-refractivity contribution in [2.24, 2.45) is 5.73 Å². The standard InChI is InChI=1S/C24H26ClN5O3/c25-17-8-3-1-6-14(17)16-12-19(16)29-24(33)20-10-5-11-30(20)21(31)13-28-18-9-4-2-7-15(18)22(26)23(27)32/h1-4,6-9,16,19-20,26,28H,5,10-13H2,(H2,27,32)(H,29,33). The van der Waals surface area contributed by atoms with Gasteiger partial charge in [0.05, 0.1) is 6.54 Å². The first kappa shape index (κ1) is 22.8. The van der Waals surface area contributed by atoms with E-state index in [1.165, 1.54) is 0 Å². The summed E-state index contributed by atoms with van der Waals surface area (Å²) in [6.07, 6.45) is 2.20. The van der Waals surface area contributed by atoms with Crippen molar-refractivity contribution in [3.05, 3.63) is 64.7 Å². The number of carbonyl (C=O) groups is 3. The number of hydrogen-bond donors (Lipinski definition) is 4. The van der Waals surface area contributed by atoms with Gasteiger partial charge in [-0.1, -0.05) is 48.0 Å². The molecule has 1 saturated carbocycles. The molecule has 2 aromatic rings. The molecule has 0 radical (unpaired) electrons.